The van der Waals surface area contributed by atoms with Crippen molar-refractivity contribution in [3.8, 4) is 36.4 Å². The van der Waals surface area contributed by atoms with Gasteiger partial charge in [-0.05, 0) is 219 Å². The topological polar surface area (TPSA) is 314 Å². The average molecular weight is 1810 g/mol. The number of hydrogen-bond donors (Lipinski definition) is 0. The van der Waals surface area contributed by atoms with Crippen LogP contribution in [0.25, 0.3) is 76.5 Å². The maximum atomic E-state index is 15.0. The molecule has 10 heterocycles. The number of hydrogen-bond acceptors (Lipinski definition) is 24. The summed E-state index contributed by atoms with van der Waals surface area (Å²) in [5.41, 5.74) is 9.12. The molecular formula is C98H76N10O10S8. The Morgan fingerprint density at radius 3 is 1.28 bits per heavy atom. The van der Waals surface area contributed by atoms with Crippen molar-refractivity contribution >= 4 is 203 Å². The molecule has 28 heteroatoms. The summed E-state index contributed by atoms with van der Waals surface area (Å²) in [7, 11) is 0. The van der Waals surface area contributed by atoms with Crippen LogP contribution in [-0.2, 0) is 76.6 Å². The molecule has 2 aliphatic heterocycles. The molecule has 0 bridgehead atoms. The molecular weight excluding hydrogens is 1730 g/mol. The maximum absolute atomic E-state index is 15.0. The van der Waals surface area contributed by atoms with E-state index in [-0.39, 0.29) is 92.7 Å². The third kappa shape index (κ3) is 12.4. The van der Waals surface area contributed by atoms with Gasteiger partial charge in [-0.1, -0.05) is 112 Å². The second kappa shape index (κ2) is 31.6. The van der Waals surface area contributed by atoms with Gasteiger partial charge >= 0.3 is 12.2 Å². The minimum Gasteiger partial charge on any atom is -0.444 e. The van der Waals surface area contributed by atoms with Crippen molar-refractivity contribution in [3.05, 3.63) is 230 Å². The van der Waals surface area contributed by atoms with Gasteiger partial charge in [0.05, 0.1) is 18.5 Å². The Morgan fingerprint density at radius 1 is 0.437 bits per heavy atom. The highest BCUT2D eigenvalue weighted by molar-refractivity contribution is 7.30. The van der Waals surface area contributed by atoms with E-state index in [9.17, 15) is 69.9 Å². The Balaban J connectivity index is 0.715. The molecule has 20 rings (SSSR count). The van der Waals surface area contributed by atoms with Crippen LogP contribution in [0.1, 0.15) is 216 Å². The molecule has 10 aliphatic rings. The normalized spacial score (nSPS) is 22.3. The van der Waals surface area contributed by atoms with Crippen molar-refractivity contribution in [2.45, 2.75) is 191 Å². The molecule has 4 saturated carbocycles. The third-order valence-electron chi connectivity index (χ3n) is 28.0. The van der Waals surface area contributed by atoms with Crippen molar-refractivity contribution in [2.24, 2.45) is 11.8 Å². The number of carbonyl (C=O) groups excluding carboxylic acids is 6. The number of imide groups is 6. The van der Waals surface area contributed by atoms with Gasteiger partial charge in [0.15, 0.2) is 11.1 Å². The van der Waals surface area contributed by atoms with Gasteiger partial charge in [0, 0.05) is 94.3 Å². The van der Waals surface area contributed by atoms with Gasteiger partial charge in [-0.3, -0.25) is 37.9 Å². The predicted molar refractivity (Wildman–Crippen MR) is 491 cm³/mol. The molecule has 10 aromatic rings. The van der Waals surface area contributed by atoms with E-state index in [1.54, 1.807) is 131 Å². The first kappa shape index (κ1) is 82.4. The predicted octanol–water partition coefficient (Wildman–Crippen LogP) is 18.6. The first-order valence-corrected chi connectivity index (χ1v) is 49.0. The number of benzene rings is 2. The summed E-state index contributed by atoms with van der Waals surface area (Å²) in [5, 5.41) is 61.4. The van der Waals surface area contributed by atoms with Crippen molar-refractivity contribution in [3.63, 3.8) is 0 Å². The molecule has 20 nitrogen and oxygen atoms in total. The molecule has 2 atom stereocenters. The van der Waals surface area contributed by atoms with E-state index in [4.69, 9.17) is 9.47 Å². The van der Waals surface area contributed by atoms with E-state index in [0.29, 0.717) is 50.7 Å². The zero-order valence-electron chi connectivity index (χ0n) is 68.9. The van der Waals surface area contributed by atoms with E-state index in [2.05, 4.69) is 24.3 Å². The molecule has 8 aliphatic carbocycles. The Bertz CT molecular complexity index is 7450. The van der Waals surface area contributed by atoms with Crippen LogP contribution in [0.15, 0.2) is 128 Å². The lowest BCUT2D eigenvalue weighted by Gasteiger charge is -2.47. The van der Waals surface area contributed by atoms with E-state index < -0.39 is 52.1 Å². The Hall–Kier alpha value is -11.9. The van der Waals surface area contributed by atoms with Gasteiger partial charge in [0.1, 0.15) is 70.1 Å². The molecule has 626 valence electrons. The summed E-state index contributed by atoms with van der Waals surface area (Å²) in [6, 6.07) is 38.8. The van der Waals surface area contributed by atoms with Gasteiger partial charge in [0.25, 0.3) is 34.7 Å². The molecule has 4 spiro atoms. The van der Waals surface area contributed by atoms with Crippen molar-refractivity contribution in [1.82, 2.24) is 18.9 Å². The van der Waals surface area contributed by atoms with Gasteiger partial charge in [-0.15, -0.1) is 90.7 Å². The van der Waals surface area contributed by atoms with Crippen LogP contribution in [0.5, 0.6) is 0 Å². The third-order valence-corrected chi connectivity index (χ3v) is 37.3. The zero-order valence-corrected chi connectivity index (χ0v) is 75.5. The Labute approximate surface area is 755 Å². The minimum absolute atomic E-state index is 0.0191. The highest BCUT2D eigenvalue weighted by Gasteiger charge is 2.63. The van der Waals surface area contributed by atoms with Crippen molar-refractivity contribution in [1.29, 1.82) is 31.6 Å². The molecule has 2 unspecified atom stereocenters. The number of allylic oxidation sites excluding steroid dienone is 4. The second-order valence-corrected chi connectivity index (χ2v) is 42.7. The maximum Gasteiger partial charge on any atom is 0.424 e. The molecule has 6 amide bonds. The van der Waals surface area contributed by atoms with Crippen molar-refractivity contribution in [2.75, 3.05) is 0 Å². The largest absolute Gasteiger partial charge is 0.444 e. The number of thiazole rings is 2. The van der Waals surface area contributed by atoms with Crippen LogP contribution in [0.4, 0.5) is 9.59 Å². The van der Waals surface area contributed by atoms with E-state index in [1.165, 1.54) is 95.7 Å². The Kier molecular flexibility index (Phi) is 20.7. The van der Waals surface area contributed by atoms with Crippen LogP contribution >= 0.6 is 90.7 Å². The standard InChI is InChI=1S/C98H76N10O10S8/c1-5-105-89(113)71(125-91(105)57(43-99)44-100)40-61-37-68-80(120-61)74-76(84-77(96(74)29-17-10-18-30-96)81-70(124-84)39-62(122-81)41-72-90(114)106(6-2)92(126-72)58(45-101)46-102)98(68)31-19-24-56(42-98)55-25-32-97(33-26-55)73-75(83-78(97)82-69(123-83)38-60(121-82)35-64-52(4)66(48-104)88(112)108(86(64)110)94(116)118-50-54-22-13-8-14-23-54)95(27-15-9-16-28-95)67-36-59(119-79(67)73)34-63-51(3)65(47-103)87(111)107(85(63)109)93(115)117-49-53-20-11-7-12-21-53/h7-8,11-14,20-23,34-41,55-56H,5-6,9-10,15-19,24-33,42,49-50H2,1-4H3/b63-34+,64-35+,71-40-,72-41-. The fourth-order valence-electron chi connectivity index (χ4n) is 22.5. The highest BCUT2D eigenvalue weighted by atomic mass is 32.1. The van der Waals surface area contributed by atoms with Crippen LogP contribution in [-0.4, -0.2) is 54.7 Å². The van der Waals surface area contributed by atoms with E-state index >= 15 is 0 Å². The highest BCUT2D eigenvalue weighted by Crippen LogP contribution is 2.76. The smallest absolute Gasteiger partial charge is 0.424 e. The molecule has 8 aromatic heterocycles. The number of carbonyl (C=O) groups is 6. The van der Waals surface area contributed by atoms with Gasteiger partial charge in [0.2, 0.25) is 0 Å². The van der Waals surface area contributed by atoms with Crippen molar-refractivity contribution < 1.29 is 38.2 Å². The lowest BCUT2D eigenvalue weighted by atomic mass is 9.57. The molecule has 0 saturated heterocycles. The summed E-state index contributed by atoms with van der Waals surface area (Å²) in [4.78, 5) is 124. The number of fused-ring (bicyclic) bond motifs is 20. The van der Waals surface area contributed by atoms with E-state index in [1.807, 2.05) is 85.9 Å². The minimum atomic E-state index is -1.19. The number of nitriles is 6. The van der Waals surface area contributed by atoms with Crippen LogP contribution in [0.3, 0.4) is 0 Å². The van der Waals surface area contributed by atoms with Gasteiger partial charge in [-0.2, -0.15) is 41.4 Å². The first-order valence-electron chi connectivity index (χ1n) is 42.5. The lowest BCUT2D eigenvalue weighted by molar-refractivity contribution is -0.140. The Morgan fingerprint density at radius 2 is 0.833 bits per heavy atom. The monoisotopic (exact) mass is 1810 g/mol. The molecule has 0 radical (unpaired) electrons. The zero-order chi connectivity index (χ0) is 87.3. The van der Waals surface area contributed by atoms with Crippen LogP contribution in [0.2, 0.25) is 0 Å². The summed E-state index contributed by atoms with van der Waals surface area (Å²) >= 11 is 12.6. The van der Waals surface area contributed by atoms with Crippen LogP contribution in [0, 0.1) is 79.8 Å². The molecule has 2 aromatic carbocycles. The lowest BCUT2D eigenvalue weighted by Crippen LogP contribution is -2.46. The van der Waals surface area contributed by atoms with Gasteiger partial charge < -0.3 is 9.47 Å². The fraction of sp³-hybridized carbons (Fsp3) is 0.327. The number of amides is 6. The quantitative estimate of drug-likeness (QED) is 0.0858. The number of ether oxygens (including phenoxy) is 2. The second-order valence-electron chi connectivity index (χ2n) is 34.2. The van der Waals surface area contributed by atoms with Gasteiger partial charge in [-0.25, -0.2) is 9.59 Å². The number of rotatable bonds is 11. The average Bonchev–Trinajstić information content (AvgIpc) is 1.49. The molecule has 4 fully saturated rings. The molecule has 0 N–H and O–H groups in total. The fourth-order valence-corrected chi connectivity index (χ4v) is 33.4. The van der Waals surface area contributed by atoms with Crippen LogP contribution < -0.4 is 29.5 Å². The number of aromatic nitrogens is 2. The SMILES string of the molecule is CCn1c(=C(C#N)C#N)s/c(=C\c2cc3c(s2)C2=C(c4sc5cc(/C=c6\sc(=C(C#N)C#N)n(CC)c6=O)sc5c4C24CCCCC4)C32CCCC(C3CCC4(CC3)C3=C(c5sc6cc(/C=C7/C(=O)N(C(=O)OCc8ccccc8)C(=O)C(C#N)=C7C)sc6c54)C4(CCCCC4)c4cc(/C=C5/C(=O)N(C(=O)OCc6ccccc6)C(=O)C(C#N)=C5C)sc43)C2)c1=O. The summed E-state index contributed by atoms with van der Waals surface area (Å²) < 4.78 is 20.3. The summed E-state index contributed by atoms with van der Waals surface area (Å²) in [5.74, 6) is -3.36. The number of nitrogens with zero attached hydrogens (tertiary/aromatic N) is 10. The summed E-state index contributed by atoms with van der Waals surface area (Å²) in [6.45, 7) is 6.98. The summed E-state index contributed by atoms with van der Waals surface area (Å²) in [6.07, 6.45) is 21.8. The molecule has 126 heavy (non-hydrogen) atoms. The first-order chi connectivity index (χ1) is 61.1. The van der Waals surface area contributed by atoms with E-state index in [0.717, 1.165) is 149 Å². The number of thiophene rings is 6.